The van der Waals surface area contributed by atoms with Crippen LogP contribution in [0.25, 0.3) is 0 Å². The lowest BCUT2D eigenvalue weighted by Gasteiger charge is -2.22. The average Bonchev–Trinajstić information content (AvgIpc) is 3.02. The third-order valence-electron chi connectivity index (χ3n) is 5.33. The van der Waals surface area contributed by atoms with Gasteiger partial charge in [0.1, 0.15) is 16.5 Å². The van der Waals surface area contributed by atoms with Crippen LogP contribution in [-0.4, -0.2) is 17.8 Å². The number of imide groups is 1. The minimum Gasteiger partial charge on any atom is -0.423 e. The number of nitrogens with zero attached hydrogens (tertiary/aromatic N) is 1. The molecule has 0 fully saturated rings. The van der Waals surface area contributed by atoms with Gasteiger partial charge in [0.05, 0.1) is 11.3 Å². The summed E-state index contributed by atoms with van der Waals surface area (Å²) in [7, 11) is 0. The number of amides is 2. The number of hydrogen-bond acceptors (Lipinski definition) is 5. The second-order valence-corrected chi connectivity index (χ2v) is 9.19. The zero-order chi connectivity index (χ0) is 24.5. The van der Waals surface area contributed by atoms with E-state index in [0.29, 0.717) is 22.7 Å². The van der Waals surface area contributed by atoms with Crippen molar-refractivity contribution in [3.05, 3.63) is 101 Å². The summed E-state index contributed by atoms with van der Waals surface area (Å²) in [5.41, 5.74) is 1.99. The molecule has 2 amide bonds. The molecule has 7 heteroatoms. The van der Waals surface area contributed by atoms with Crippen molar-refractivity contribution in [2.75, 3.05) is 10.2 Å². The maximum atomic E-state index is 12.8. The minimum atomic E-state index is -0.599. The Hall–Kier alpha value is -3.90. The van der Waals surface area contributed by atoms with Crippen molar-refractivity contribution in [1.29, 1.82) is 0 Å². The van der Waals surface area contributed by atoms with E-state index in [9.17, 15) is 14.4 Å². The van der Waals surface area contributed by atoms with E-state index in [4.69, 9.17) is 16.3 Å². The first kappa shape index (κ1) is 23.3. The van der Waals surface area contributed by atoms with E-state index in [1.54, 1.807) is 60.7 Å². The SMILES string of the molecule is CC(C)(C)c1ccccc1OC(=O)c1ccc(NC2=C(Cl)C(=O)N(c3ccccc3)C2=O)cc1. The Bertz CT molecular complexity index is 1290. The average molecular weight is 475 g/mol. The van der Waals surface area contributed by atoms with Crippen molar-refractivity contribution in [2.24, 2.45) is 0 Å². The Morgan fingerprint density at radius 3 is 2.12 bits per heavy atom. The van der Waals surface area contributed by atoms with Crippen LogP contribution in [0.15, 0.2) is 89.6 Å². The van der Waals surface area contributed by atoms with E-state index in [-0.39, 0.29) is 16.1 Å². The fourth-order valence-electron chi connectivity index (χ4n) is 3.59. The smallest absolute Gasteiger partial charge is 0.343 e. The van der Waals surface area contributed by atoms with Gasteiger partial charge in [0.25, 0.3) is 11.8 Å². The van der Waals surface area contributed by atoms with E-state index in [1.165, 1.54) is 0 Å². The molecule has 1 aliphatic rings. The van der Waals surface area contributed by atoms with Gasteiger partial charge < -0.3 is 10.1 Å². The fraction of sp³-hybridized carbons (Fsp3) is 0.148. The Labute approximate surface area is 202 Å². The molecule has 34 heavy (non-hydrogen) atoms. The number of carbonyl (C=O) groups excluding carboxylic acids is 3. The van der Waals surface area contributed by atoms with Crippen molar-refractivity contribution in [2.45, 2.75) is 26.2 Å². The summed E-state index contributed by atoms with van der Waals surface area (Å²) in [5.74, 6) is -1.14. The van der Waals surface area contributed by atoms with E-state index in [2.05, 4.69) is 5.32 Å². The highest BCUT2D eigenvalue weighted by molar-refractivity contribution is 6.53. The molecule has 0 spiro atoms. The topological polar surface area (TPSA) is 75.7 Å². The van der Waals surface area contributed by atoms with Gasteiger partial charge in [-0.3, -0.25) is 9.59 Å². The second-order valence-electron chi connectivity index (χ2n) is 8.81. The van der Waals surface area contributed by atoms with Crippen LogP contribution in [0.4, 0.5) is 11.4 Å². The monoisotopic (exact) mass is 474 g/mol. The van der Waals surface area contributed by atoms with Crippen molar-refractivity contribution in [1.82, 2.24) is 0 Å². The molecule has 0 aromatic heterocycles. The number of hydrogen-bond donors (Lipinski definition) is 1. The van der Waals surface area contributed by atoms with E-state index >= 15 is 0 Å². The van der Waals surface area contributed by atoms with Gasteiger partial charge in [0.15, 0.2) is 0 Å². The lowest BCUT2D eigenvalue weighted by molar-refractivity contribution is -0.120. The third-order valence-corrected chi connectivity index (χ3v) is 5.68. The van der Waals surface area contributed by atoms with E-state index in [1.807, 2.05) is 39.0 Å². The molecule has 0 atom stereocenters. The molecule has 0 unspecified atom stereocenters. The van der Waals surface area contributed by atoms with Crippen LogP contribution < -0.4 is 15.0 Å². The predicted molar refractivity (Wildman–Crippen MR) is 132 cm³/mol. The molecule has 1 aliphatic heterocycles. The van der Waals surface area contributed by atoms with Gasteiger partial charge in [0, 0.05) is 11.3 Å². The number of anilines is 2. The molecule has 0 aliphatic carbocycles. The van der Waals surface area contributed by atoms with Gasteiger partial charge in [-0.1, -0.05) is 68.8 Å². The van der Waals surface area contributed by atoms with Crippen molar-refractivity contribution < 1.29 is 19.1 Å². The highest BCUT2D eigenvalue weighted by Gasteiger charge is 2.38. The van der Waals surface area contributed by atoms with Gasteiger partial charge >= 0.3 is 5.97 Å². The number of halogens is 1. The number of esters is 1. The summed E-state index contributed by atoms with van der Waals surface area (Å²) in [6, 6.07) is 22.4. The van der Waals surface area contributed by atoms with Gasteiger partial charge in [-0.2, -0.15) is 0 Å². The number of ether oxygens (including phenoxy) is 1. The molecule has 1 heterocycles. The molecule has 3 aromatic carbocycles. The summed E-state index contributed by atoms with van der Waals surface area (Å²) in [4.78, 5) is 39.1. The zero-order valence-corrected chi connectivity index (χ0v) is 19.7. The van der Waals surface area contributed by atoms with Crippen LogP contribution >= 0.6 is 11.6 Å². The van der Waals surface area contributed by atoms with Crippen molar-refractivity contribution >= 4 is 40.8 Å². The number of carbonyl (C=O) groups is 3. The standard InChI is InChI=1S/C27H23ClN2O4/c1-27(2,3)20-11-7-8-12-21(20)34-26(33)17-13-15-18(16-14-17)29-23-22(28)24(31)30(25(23)32)19-9-5-4-6-10-19/h4-16,29H,1-3H3. The summed E-state index contributed by atoms with van der Waals surface area (Å²) in [6.45, 7) is 6.15. The molecular weight excluding hydrogens is 452 g/mol. The lowest BCUT2D eigenvalue weighted by Crippen LogP contribution is -2.32. The summed E-state index contributed by atoms with van der Waals surface area (Å²) in [6.07, 6.45) is 0. The Morgan fingerprint density at radius 1 is 0.853 bits per heavy atom. The number of rotatable bonds is 5. The molecule has 0 saturated carbocycles. The lowest BCUT2D eigenvalue weighted by atomic mass is 9.86. The van der Waals surface area contributed by atoms with Crippen LogP contribution in [0.2, 0.25) is 0 Å². The molecule has 172 valence electrons. The summed E-state index contributed by atoms with van der Waals surface area (Å²) < 4.78 is 5.65. The van der Waals surface area contributed by atoms with Gasteiger partial charge in [-0.25, -0.2) is 9.69 Å². The van der Waals surface area contributed by atoms with Crippen molar-refractivity contribution in [3.8, 4) is 5.75 Å². The number of benzene rings is 3. The molecular formula is C27H23ClN2O4. The van der Waals surface area contributed by atoms with Crippen LogP contribution in [0.5, 0.6) is 5.75 Å². The highest BCUT2D eigenvalue weighted by atomic mass is 35.5. The van der Waals surface area contributed by atoms with Crippen LogP contribution in [0.3, 0.4) is 0 Å². The maximum Gasteiger partial charge on any atom is 0.343 e. The van der Waals surface area contributed by atoms with Crippen LogP contribution in [0.1, 0.15) is 36.7 Å². The van der Waals surface area contributed by atoms with Gasteiger partial charge in [-0.15, -0.1) is 0 Å². The molecule has 0 bridgehead atoms. The maximum absolute atomic E-state index is 12.8. The molecule has 4 rings (SSSR count). The van der Waals surface area contributed by atoms with Gasteiger partial charge in [0.2, 0.25) is 0 Å². The Morgan fingerprint density at radius 2 is 1.47 bits per heavy atom. The third kappa shape index (κ3) is 4.58. The molecule has 0 saturated heterocycles. The van der Waals surface area contributed by atoms with E-state index in [0.717, 1.165) is 10.5 Å². The Balaban J connectivity index is 1.49. The van der Waals surface area contributed by atoms with Crippen LogP contribution in [0, 0.1) is 0 Å². The van der Waals surface area contributed by atoms with Gasteiger partial charge in [-0.05, 0) is 47.9 Å². The molecule has 0 radical (unpaired) electrons. The minimum absolute atomic E-state index is 0.0232. The summed E-state index contributed by atoms with van der Waals surface area (Å²) >= 11 is 6.17. The highest BCUT2D eigenvalue weighted by Crippen LogP contribution is 2.32. The first-order valence-corrected chi connectivity index (χ1v) is 11.1. The summed E-state index contributed by atoms with van der Waals surface area (Å²) in [5, 5.41) is 2.70. The largest absolute Gasteiger partial charge is 0.423 e. The number of para-hydroxylation sites is 2. The quantitative estimate of drug-likeness (QED) is 0.294. The first-order valence-electron chi connectivity index (χ1n) is 10.7. The van der Waals surface area contributed by atoms with E-state index < -0.39 is 17.8 Å². The molecule has 3 aromatic rings. The normalized spacial score (nSPS) is 13.9. The Kier molecular flexibility index (Phi) is 6.26. The molecule has 6 nitrogen and oxygen atoms in total. The predicted octanol–water partition coefficient (Wildman–Crippen LogP) is 5.64. The fourth-order valence-corrected chi connectivity index (χ4v) is 3.80. The number of nitrogens with one attached hydrogen (secondary N) is 1. The second kappa shape index (κ2) is 9.15. The zero-order valence-electron chi connectivity index (χ0n) is 19.0. The first-order chi connectivity index (χ1) is 16.2. The molecule has 1 N–H and O–H groups in total. The van der Waals surface area contributed by atoms with Crippen molar-refractivity contribution in [3.63, 3.8) is 0 Å². The van der Waals surface area contributed by atoms with Crippen LogP contribution in [-0.2, 0) is 15.0 Å².